The van der Waals surface area contributed by atoms with Gasteiger partial charge in [0.1, 0.15) is 23.7 Å². The summed E-state index contributed by atoms with van der Waals surface area (Å²) in [6.45, 7) is 10.8. The maximum absolute atomic E-state index is 13.7. The standard InChI is InChI=1S/C43H53N9O6/c1-23(2)35(49-42(55)57-6)40(53)51-18-8-10-33(51)38-44-21-31(47-38)27-14-12-26(13-15-27)28-16-17-29(30-20-25(5)46-37(28)30)32-22-45-39(48-32)34-11-9-19-52(34)41(54)36(24(3)4)50-43(56)58-7/h12-17,20-24,33-36,46H,8-11,18-19H2,1-7H3,(H,44,47)(H,45,48)(H,49,55)(H,50,56). The highest BCUT2D eigenvalue weighted by atomic mass is 16.5. The van der Waals surface area contributed by atoms with Crippen LogP contribution in [0.25, 0.3) is 44.5 Å². The van der Waals surface area contributed by atoms with Gasteiger partial charge in [0.15, 0.2) is 0 Å². The van der Waals surface area contributed by atoms with Crippen molar-refractivity contribution in [3.8, 4) is 33.6 Å². The van der Waals surface area contributed by atoms with E-state index in [1.165, 1.54) is 14.2 Å². The van der Waals surface area contributed by atoms with Crippen LogP contribution in [-0.4, -0.2) is 98.1 Å². The Bertz CT molecular complexity index is 2290. The van der Waals surface area contributed by atoms with E-state index in [1.807, 2.05) is 50.6 Å². The van der Waals surface area contributed by atoms with Crippen molar-refractivity contribution in [1.29, 1.82) is 0 Å². The van der Waals surface area contributed by atoms with Gasteiger partial charge in [0.05, 0.1) is 55.6 Å². The molecule has 2 aliphatic heterocycles. The van der Waals surface area contributed by atoms with E-state index in [0.29, 0.717) is 24.7 Å². The second-order valence-electron chi connectivity index (χ2n) is 15.9. The summed E-state index contributed by atoms with van der Waals surface area (Å²) in [6.07, 6.45) is 5.60. The molecule has 4 unspecified atom stereocenters. The van der Waals surface area contributed by atoms with E-state index in [-0.39, 0.29) is 35.7 Å². The van der Waals surface area contributed by atoms with Crippen molar-refractivity contribution < 1.29 is 28.7 Å². The Morgan fingerprint density at radius 3 is 1.69 bits per heavy atom. The minimum atomic E-state index is -0.703. The van der Waals surface area contributed by atoms with Crippen LogP contribution in [0.1, 0.15) is 82.8 Å². The van der Waals surface area contributed by atoms with Crippen molar-refractivity contribution >= 4 is 34.9 Å². The van der Waals surface area contributed by atoms with Crippen LogP contribution in [0.3, 0.4) is 0 Å². The number of carbonyl (C=O) groups is 4. The lowest BCUT2D eigenvalue weighted by Gasteiger charge is -2.30. The first-order valence-corrected chi connectivity index (χ1v) is 20.0. The molecular formula is C43H53N9O6. The van der Waals surface area contributed by atoms with Gasteiger partial charge in [-0.2, -0.15) is 0 Å². The molecule has 2 saturated heterocycles. The third kappa shape index (κ3) is 7.89. The summed E-state index contributed by atoms with van der Waals surface area (Å²) in [5.74, 6) is 0.909. The minimum Gasteiger partial charge on any atom is -0.453 e. The van der Waals surface area contributed by atoms with E-state index in [0.717, 1.165) is 75.9 Å². The summed E-state index contributed by atoms with van der Waals surface area (Å²) in [6, 6.07) is 12.8. The Hall–Kier alpha value is -6.12. The Morgan fingerprint density at radius 2 is 1.17 bits per heavy atom. The van der Waals surface area contributed by atoms with Crippen LogP contribution in [-0.2, 0) is 19.1 Å². The van der Waals surface area contributed by atoms with Gasteiger partial charge in [-0.15, -0.1) is 0 Å². The Balaban J connectivity index is 1.09. The number of hydrogen-bond donors (Lipinski definition) is 5. The highest BCUT2D eigenvalue weighted by Crippen LogP contribution is 2.39. The van der Waals surface area contributed by atoms with Crippen LogP contribution in [0, 0.1) is 18.8 Å². The number of amides is 4. The van der Waals surface area contributed by atoms with Gasteiger partial charge >= 0.3 is 12.2 Å². The van der Waals surface area contributed by atoms with Gasteiger partial charge in [-0.3, -0.25) is 9.59 Å². The average Bonchev–Trinajstić information content (AvgIpc) is 4.06. The molecule has 2 fully saturated rings. The summed E-state index contributed by atoms with van der Waals surface area (Å²) >= 11 is 0. The number of rotatable bonds is 11. The SMILES string of the molecule is COC(=O)NC(C(=O)N1CCCC1c1ncc(-c2ccc(-c3ccc(-c4cnc(C5CCCN5C(=O)C(NC(=O)OC)C(C)C)[nH]4)c4cc(C)[nH]c34)cc2)[nH]1)C(C)C. The van der Waals surface area contributed by atoms with E-state index in [1.54, 1.807) is 6.20 Å². The maximum Gasteiger partial charge on any atom is 0.407 e. The average molecular weight is 792 g/mol. The summed E-state index contributed by atoms with van der Waals surface area (Å²) in [7, 11) is 2.58. The first-order chi connectivity index (χ1) is 27.9. The number of aromatic amines is 3. The Morgan fingerprint density at radius 1 is 0.690 bits per heavy atom. The van der Waals surface area contributed by atoms with Gasteiger partial charge in [-0.25, -0.2) is 19.6 Å². The zero-order chi connectivity index (χ0) is 41.2. The molecule has 0 bridgehead atoms. The molecule has 3 aromatic heterocycles. The molecule has 0 saturated carbocycles. The van der Waals surface area contributed by atoms with Crippen molar-refractivity contribution in [3.63, 3.8) is 0 Å². The molecule has 5 heterocycles. The summed E-state index contributed by atoms with van der Waals surface area (Å²) in [5.41, 5.74) is 7.77. The fraction of sp³-hybridized carbons (Fsp3) is 0.442. The number of nitrogens with one attached hydrogen (secondary N) is 5. The molecule has 0 aliphatic carbocycles. The van der Waals surface area contributed by atoms with Gasteiger partial charge in [-0.1, -0.05) is 64.1 Å². The van der Waals surface area contributed by atoms with Crippen molar-refractivity contribution in [2.24, 2.45) is 11.8 Å². The van der Waals surface area contributed by atoms with E-state index >= 15 is 0 Å². The van der Waals surface area contributed by atoms with Gasteiger partial charge in [0, 0.05) is 35.3 Å². The topological polar surface area (TPSA) is 190 Å². The number of hydrogen-bond acceptors (Lipinski definition) is 8. The van der Waals surface area contributed by atoms with Crippen molar-refractivity contribution in [2.75, 3.05) is 27.3 Å². The van der Waals surface area contributed by atoms with Gasteiger partial charge < -0.3 is 44.9 Å². The number of likely N-dealkylation sites (tertiary alicyclic amines) is 2. The normalized spacial score (nSPS) is 17.9. The van der Waals surface area contributed by atoms with E-state index in [2.05, 4.69) is 68.1 Å². The largest absolute Gasteiger partial charge is 0.453 e. The zero-order valence-electron chi connectivity index (χ0n) is 34.1. The van der Waals surface area contributed by atoms with Crippen LogP contribution in [0.4, 0.5) is 9.59 Å². The summed E-state index contributed by atoms with van der Waals surface area (Å²) < 4.78 is 9.55. The number of nitrogens with zero attached hydrogens (tertiary/aromatic N) is 4. The number of aryl methyl sites for hydroxylation is 1. The molecular weight excluding hydrogens is 739 g/mol. The number of benzene rings is 2. The molecule has 0 radical (unpaired) electrons. The minimum absolute atomic E-state index is 0.112. The molecule has 5 N–H and O–H groups in total. The monoisotopic (exact) mass is 791 g/mol. The quantitative estimate of drug-likeness (QED) is 0.0944. The van der Waals surface area contributed by atoms with Crippen LogP contribution in [0.15, 0.2) is 54.9 Å². The summed E-state index contributed by atoms with van der Waals surface area (Å²) in [5, 5.41) is 6.46. The highest BCUT2D eigenvalue weighted by molar-refractivity contribution is 6.03. The van der Waals surface area contributed by atoms with Crippen molar-refractivity contribution in [3.05, 3.63) is 72.2 Å². The number of methoxy groups -OCH3 is 2. The Kier molecular flexibility index (Phi) is 11.6. The fourth-order valence-corrected chi connectivity index (χ4v) is 8.34. The second kappa shape index (κ2) is 16.8. The number of carbonyl (C=O) groups excluding carboxylic acids is 4. The number of imidazole rings is 2. The van der Waals surface area contributed by atoms with E-state index in [9.17, 15) is 19.2 Å². The number of ether oxygens (including phenoxy) is 2. The van der Waals surface area contributed by atoms with Crippen LogP contribution in [0.5, 0.6) is 0 Å². The maximum atomic E-state index is 13.7. The molecule has 7 rings (SSSR count). The number of alkyl carbamates (subject to hydrolysis) is 2. The molecule has 2 aromatic carbocycles. The molecule has 15 heteroatoms. The fourth-order valence-electron chi connectivity index (χ4n) is 8.34. The van der Waals surface area contributed by atoms with E-state index < -0.39 is 24.3 Å². The lowest BCUT2D eigenvalue weighted by Crippen LogP contribution is -2.51. The molecule has 306 valence electrons. The van der Waals surface area contributed by atoms with Crippen LogP contribution < -0.4 is 10.6 Å². The number of H-pyrrole nitrogens is 3. The molecule has 4 atom stereocenters. The molecule has 2 aliphatic rings. The third-order valence-corrected chi connectivity index (χ3v) is 11.4. The van der Waals surface area contributed by atoms with Crippen molar-refractivity contribution in [1.82, 2.24) is 45.4 Å². The lowest BCUT2D eigenvalue weighted by atomic mass is 9.97. The predicted molar refractivity (Wildman–Crippen MR) is 219 cm³/mol. The van der Waals surface area contributed by atoms with Crippen molar-refractivity contribution in [2.45, 2.75) is 84.5 Å². The summed E-state index contributed by atoms with van der Waals surface area (Å²) in [4.78, 5) is 75.0. The van der Waals surface area contributed by atoms with Gasteiger partial charge in [0.25, 0.3) is 0 Å². The predicted octanol–water partition coefficient (Wildman–Crippen LogP) is 7.01. The molecule has 15 nitrogen and oxygen atoms in total. The molecule has 58 heavy (non-hydrogen) atoms. The van der Waals surface area contributed by atoms with Gasteiger partial charge in [-0.05, 0) is 61.6 Å². The number of aromatic nitrogens is 5. The van der Waals surface area contributed by atoms with Crippen LogP contribution in [0.2, 0.25) is 0 Å². The molecule has 5 aromatic rings. The van der Waals surface area contributed by atoms with Crippen LogP contribution >= 0.6 is 0 Å². The van der Waals surface area contributed by atoms with E-state index in [4.69, 9.17) is 19.4 Å². The highest BCUT2D eigenvalue weighted by Gasteiger charge is 2.39. The second-order valence-corrected chi connectivity index (χ2v) is 15.9. The van der Waals surface area contributed by atoms with Gasteiger partial charge in [0.2, 0.25) is 11.8 Å². The first kappa shape index (κ1) is 40.1. The first-order valence-electron chi connectivity index (χ1n) is 20.0. The zero-order valence-corrected chi connectivity index (χ0v) is 34.1. The molecule has 0 spiro atoms. The number of fused-ring (bicyclic) bond motifs is 1. The smallest absolute Gasteiger partial charge is 0.407 e. The third-order valence-electron chi connectivity index (χ3n) is 11.4. The lowest BCUT2D eigenvalue weighted by molar-refractivity contribution is -0.136. The Labute approximate surface area is 337 Å². The molecule has 4 amide bonds.